The molecule has 1 N–H and O–H groups in total. The molecule has 0 saturated carbocycles. The van der Waals surface area contributed by atoms with Gasteiger partial charge < -0.3 is 9.88 Å². The van der Waals surface area contributed by atoms with Crippen molar-refractivity contribution in [2.75, 3.05) is 11.1 Å². The maximum Gasteiger partial charge on any atom is 0.234 e. The van der Waals surface area contributed by atoms with E-state index in [4.69, 9.17) is 4.98 Å². The van der Waals surface area contributed by atoms with Crippen LogP contribution in [0, 0.1) is 6.92 Å². The van der Waals surface area contributed by atoms with Crippen molar-refractivity contribution in [2.45, 2.75) is 31.8 Å². The third kappa shape index (κ3) is 5.20. The van der Waals surface area contributed by atoms with Crippen LogP contribution in [0.15, 0.2) is 71.9 Å². The predicted molar refractivity (Wildman–Crippen MR) is 150 cm³/mol. The van der Waals surface area contributed by atoms with Crippen molar-refractivity contribution in [1.82, 2.24) is 19.7 Å². The Bertz CT molecular complexity index is 1520. The summed E-state index contributed by atoms with van der Waals surface area (Å²) in [5.41, 5.74) is 6.32. The zero-order valence-electron chi connectivity index (χ0n) is 20.6. The highest BCUT2D eigenvalue weighted by Gasteiger charge is 2.14. The van der Waals surface area contributed by atoms with Crippen molar-refractivity contribution in [3.63, 3.8) is 0 Å². The van der Waals surface area contributed by atoms with Crippen molar-refractivity contribution in [1.29, 1.82) is 0 Å². The Balaban J connectivity index is 1.20. The number of rotatable bonds is 7. The summed E-state index contributed by atoms with van der Waals surface area (Å²) in [6.07, 6.45) is 0. The van der Waals surface area contributed by atoms with Gasteiger partial charge in [-0.1, -0.05) is 55.9 Å². The summed E-state index contributed by atoms with van der Waals surface area (Å²) in [6, 6.07) is 22.5. The monoisotopic (exact) mass is 513 g/mol. The van der Waals surface area contributed by atoms with E-state index >= 15 is 0 Å². The smallest absolute Gasteiger partial charge is 0.234 e. The first-order valence-corrected chi connectivity index (χ1v) is 13.6. The Kier molecular flexibility index (Phi) is 6.89. The van der Waals surface area contributed by atoms with Crippen molar-refractivity contribution in [2.24, 2.45) is 7.05 Å². The second kappa shape index (κ2) is 10.2. The molecule has 0 fully saturated rings. The van der Waals surface area contributed by atoms with Gasteiger partial charge in [0.05, 0.1) is 16.0 Å². The number of nitrogens with zero attached hydrogens (tertiary/aromatic N) is 4. The van der Waals surface area contributed by atoms with Crippen LogP contribution in [0.2, 0.25) is 0 Å². The van der Waals surface area contributed by atoms with Gasteiger partial charge in [0.25, 0.3) is 0 Å². The fourth-order valence-electron chi connectivity index (χ4n) is 3.89. The number of carbonyl (C=O) groups excluding carboxylic acids is 1. The molecule has 1 amide bonds. The lowest BCUT2D eigenvalue weighted by Crippen LogP contribution is -2.14. The Hall–Kier alpha value is -3.49. The molecule has 0 radical (unpaired) electrons. The molecule has 36 heavy (non-hydrogen) atoms. The van der Waals surface area contributed by atoms with E-state index < -0.39 is 0 Å². The largest absolute Gasteiger partial charge is 0.325 e. The number of anilines is 1. The number of thiazole rings is 1. The number of nitrogens with one attached hydrogen (secondary N) is 1. The van der Waals surface area contributed by atoms with Crippen molar-refractivity contribution in [3.05, 3.63) is 77.9 Å². The van der Waals surface area contributed by atoms with E-state index in [0.717, 1.165) is 33.2 Å². The van der Waals surface area contributed by atoms with Crippen LogP contribution in [0.5, 0.6) is 0 Å². The Morgan fingerprint density at radius 3 is 2.44 bits per heavy atom. The van der Waals surface area contributed by atoms with Crippen LogP contribution >= 0.6 is 23.1 Å². The molecule has 0 aliphatic rings. The van der Waals surface area contributed by atoms with Crippen LogP contribution < -0.4 is 5.32 Å². The Labute approximate surface area is 218 Å². The van der Waals surface area contributed by atoms with E-state index in [2.05, 4.69) is 78.7 Å². The van der Waals surface area contributed by atoms with Gasteiger partial charge in [-0.25, -0.2) is 4.98 Å². The van der Waals surface area contributed by atoms with Gasteiger partial charge in [-0.15, -0.1) is 21.5 Å². The molecule has 182 valence electrons. The van der Waals surface area contributed by atoms with Crippen LogP contribution in [0.1, 0.15) is 30.9 Å². The Morgan fingerprint density at radius 2 is 1.72 bits per heavy atom. The molecule has 0 saturated heterocycles. The first kappa shape index (κ1) is 24.2. The summed E-state index contributed by atoms with van der Waals surface area (Å²) in [5, 5.41) is 13.3. The van der Waals surface area contributed by atoms with Crippen molar-refractivity contribution >= 4 is 44.9 Å². The highest BCUT2D eigenvalue weighted by molar-refractivity contribution is 7.99. The number of benzene rings is 3. The lowest BCUT2D eigenvalue weighted by Gasteiger charge is -2.08. The molecule has 0 aliphatic heterocycles. The summed E-state index contributed by atoms with van der Waals surface area (Å²) in [4.78, 5) is 17.3. The van der Waals surface area contributed by atoms with Gasteiger partial charge in [-0.3, -0.25) is 4.79 Å². The highest BCUT2D eigenvalue weighted by Crippen LogP contribution is 2.31. The van der Waals surface area contributed by atoms with Crippen LogP contribution in [-0.2, 0) is 11.8 Å². The van der Waals surface area contributed by atoms with Gasteiger partial charge in [-0.05, 0) is 60.4 Å². The summed E-state index contributed by atoms with van der Waals surface area (Å²) in [7, 11) is 1.92. The summed E-state index contributed by atoms with van der Waals surface area (Å²) >= 11 is 3.05. The molecule has 0 spiro atoms. The fraction of sp³-hybridized carbons (Fsp3) is 0.214. The minimum absolute atomic E-state index is 0.0888. The van der Waals surface area contributed by atoms with E-state index in [1.165, 1.54) is 27.6 Å². The molecule has 5 rings (SSSR count). The first-order chi connectivity index (χ1) is 17.4. The molecule has 0 unspecified atom stereocenters. The minimum Gasteiger partial charge on any atom is -0.325 e. The minimum atomic E-state index is -0.0888. The van der Waals surface area contributed by atoms with Crippen LogP contribution in [0.4, 0.5) is 5.69 Å². The van der Waals surface area contributed by atoms with Gasteiger partial charge in [0.2, 0.25) is 5.91 Å². The topological polar surface area (TPSA) is 72.7 Å². The highest BCUT2D eigenvalue weighted by atomic mass is 32.2. The fourth-order valence-corrected chi connectivity index (χ4v) is 5.67. The van der Waals surface area contributed by atoms with Crippen LogP contribution in [0.25, 0.3) is 32.2 Å². The molecule has 3 aromatic carbocycles. The molecule has 5 aromatic rings. The molecule has 2 aromatic heterocycles. The average Bonchev–Trinajstić information content (AvgIpc) is 3.46. The third-order valence-electron chi connectivity index (χ3n) is 5.96. The summed E-state index contributed by atoms with van der Waals surface area (Å²) < 4.78 is 3.11. The number of carbonyl (C=O) groups is 1. The number of hydrogen-bond donors (Lipinski definition) is 1. The van der Waals surface area contributed by atoms with E-state index in [0.29, 0.717) is 11.1 Å². The number of thioether (sulfide) groups is 1. The van der Waals surface area contributed by atoms with E-state index in [1.807, 2.05) is 35.9 Å². The van der Waals surface area contributed by atoms with Gasteiger partial charge >= 0.3 is 0 Å². The van der Waals surface area contributed by atoms with Gasteiger partial charge in [0.1, 0.15) is 5.01 Å². The van der Waals surface area contributed by atoms with Crippen LogP contribution in [0.3, 0.4) is 0 Å². The zero-order chi connectivity index (χ0) is 25.2. The molecule has 6 nitrogen and oxygen atoms in total. The molecule has 0 aliphatic carbocycles. The normalized spacial score (nSPS) is 11.4. The molecule has 8 heteroatoms. The predicted octanol–water partition coefficient (Wildman–Crippen LogP) is 6.92. The molecular weight excluding hydrogens is 486 g/mol. The van der Waals surface area contributed by atoms with Crippen LogP contribution in [-0.4, -0.2) is 31.4 Å². The molecule has 0 atom stereocenters. The second-order valence-electron chi connectivity index (χ2n) is 9.05. The van der Waals surface area contributed by atoms with Crippen molar-refractivity contribution < 1.29 is 4.79 Å². The standard InChI is InChI=1S/C28H27N5OS2/c1-17(2)19-6-8-20(9-7-19)26-31-32-28(33(26)4)35-16-25(34)29-22-12-10-21(11-13-22)27-30-23-14-5-18(3)15-24(23)36-27/h5-15,17H,16H2,1-4H3,(H,29,34). The third-order valence-corrected chi connectivity index (χ3v) is 8.05. The number of hydrogen-bond acceptors (Lipinski definition) is 6. The molecule has 2 heterocycles. The Morgan fingerprint density at radius 1 is 1.00 bits per heavy atom. The van der Waals surface area contributed by atoms with Crippen molar-refractivity contribution in [3.8, 4) is 22.0 Å². The SMILES string of the molecule is Cc1ccc2nc(-c3ccc(NC(=O)CSc4nnc(-c5ccc(C(C)C)cc5)n4C)cc3)sc2c1. The van der Waals surface area contributed by atoms with Gasteiger partial charge in [0, 0.05) is 23.9 Å². The maximum atomic E-state index is 12.6. The lowest BCUT2D eigenvalue weighted by atomic mass is 10.0. The van der Waals surface area contributed by atoms with Gasteiger partial charge in [-0.2, -0.15) is 0 Å². The maximum absolute atomic E-state index is 12.6. The number of aromatic nitrogens is 4. The number of amides is 1. The van der Waals surface area contributed by atoms with Gasteiger partial charge in [0.15, 0.2) is 11.0 Å². The van der Waals surface area contributed by atoms with E-state index in [1.54, 1.807) is 11.3 Å². The second-order valence-corrected chi connectivity index (χ2v) is 11.0. The van der Waals surface area contributed by atoms with E-state index in [-0.39, 0.29) is 11.7 Å². The first-order valence-electron chi connectivity index (χ1n) is 11.8. The molecule has 0 bridgehead atoms. The zero-order valence-corrected chi connectivity index (χ0v) is 22.3. The molecular formula is C28H27N5OS2. The average molecular weight is 514 g/mol. The summed E-state index contributed by atoms with van der Waals surface area (Å²) in [6.45, 7) is 6.44. The number of aryl methyl sites for hydroxylation is 1. The summed E-state index contributed by atoms with van der Waals surface area (Å²) in [5.74, 6) is 1.43. The quantitative estimate of drug-likeness (QED) is 0.239. The lowest BCUT2D eigenvalue weighted by molar-refractivity contribution is -0.113. The van der Waals surface area contributed by atoms with E-state index in [9.17, 15) is 4.79 Å². The number of fused-ring (bicyclic) bond motifs is 1.